The summed E-state index contributed by atoms with van der Waals surface area (Å²) in [6.45, 7) is 5.70. The second-order valence-corrected chi connectivity index (χ2v) is 9.42. The maximum atomic E-state index is 12.8. The zero-order valence-corrected chi connectivity index (χ0v) is 16.9. The zero-order valence-electron chi connectivity index (χ0n) is 16.1. The number of carbonyl (C=O) groups excluding carboxylic acids is 1. The third-order valence-corrected chi connectivity index (χ3v) is 5.90. The smallest absolute Gasteiger partial charge is 0.407 e. The van der Waals surface area contributed by atoms with Crippen LogP contribution in [-0.4, -0.2) is 20.1 Å². The van der Waals surface area contributed by atoms with Crippen molar-refractivity contribution in [2.45, 2.75) is 42.7 Å². The topological polar surface area (TPSA) is 72.5 Å². The number of amides is 1. The highest BCUT2D eigenvalue weighted by Crippen LogP contribution is 2.26. The van der Waals surface area contributed by atoms with Gasteiger partial charge in [-0.15, -0.1) is 0 Å². The Morgan fingerprint density at radius 3 is 2.32 bits per heavy atom. The number of fused-ring (bicyclic) bond motifs is 1. The van der Waals surface area contributed by atoms with Crippen molar-refractivity contribution in [2.75, 3.05) is 0 Å². The molecule has 0 aliphatic heterocycles. The molecule has 0 aliphatic carbocycles. The van der Waals surface area contributed by atoms with Gasteiger partial charge in [-0.3, -0.25) is 0 Å². The third kappa shape index (κ3) is 4.51. The lowest BCUT2D eigenvalue weighted by atomic mass is 10.0. The van der Waals surface area contributed by atoms with Crippen LogP contribution in [0, 0.1) is 0 Å². The quantitative estimate of drug-likeness (QED) is 0.693. The van der Waals surface area contributed by atoms with Crippen LogP contribution in [0.3, 0.4) is 0 Å². The first kappa shape index (κ1) is 19.9. The van der Waals surface area contributed by atoms with Crippen LogP contribution in [0.1, 0.15) is 26.3 Å². The fraction of sp³-hybridized carbons (Fsp3) is 0.227. The van der Waals surface area contributed by atoms with Gasteiger partial charge < -0.3 is 10.1 Å². The SMILES string of the molecule is CC(C)(C)OC(=O)NCc1cccc2cc(S(=O)(=O)c3ccccc3)ccc12. The van der Waals surface area contributed by atoms with E-state index in [1.807, 2.05) is 18.2 Å². The minimum Gasteiger partial charge on any atom is -0.444 e. The molecule has 0 saturated carbocycles. The Balaban J connectivity index is 1.88. The van der Waals surface area contributed by atoms with Gasteiger partial charge in [-0.25, -0.2) is 13.2 Å². The summed E-state index contributed by atoms with van der Waals surface area (Å²) in [7, 11) is -3.58. The van der Waals surface area contributed by atoms with Gasteiger partial charge in [0.15, 0.2) is 0 Å². The van der Waals surface area contributed by atoms with Gasteiger partial charge in [0.1, 0.15) is 5.60 Å². The van der Waals surface area contributed by atoms with Crippen molar-refractivity contribution in [2.24, 2.45) is 0 Å². The second kappa shape index (κ2) is 7.64. The number of rotatable bonds is 4. The predicted octanol–water partition coefficient (Wildman–Crippen LogP) is 4.70. The minimum absolute atomic E-state index is 0.239. The van der Waals surface area contributed by atoms with E-state index in [2.05, 4.69) is 5.32 Å². The number of alkyl carbamates (subject to hydrolysis) is 1. The van der Waals surface area contributed by atoms with Gasteiger partial charge in [0.25, 0.3) is 0 Å². The molecule has 6 heteroatoms. The molecule has 0 spiro atoms. The number of ether oxygens (including phenoxy) is 1. The standard InChI is InChI=1S/C22H23NO4S/c1-22(2,3)27-21(24)23-15-17-9-7-8-16-14-19(12-13-20(16)17)28(25,26)18-10-5-4-6-11-18/h4-14H,15H2,1-3H3,(H,23,24). The molecule has 0 atom stereocenters. The normalized spacial score (nSPS) is 12.0. The third-order valence-electron chi connectivity index (χ3n) is 4.13. The highest BCUT2D eigenvalue weighted by Gasteiger charge is 2.18. The van der Waals surface area contributed by atoms with Gasteiger partial charge in [0.2, 0.25) is 9.84 Å². The van der Waals surface area contributed by atoms with Crippen LogP contribution in [0.4, 0.5) is 4.79 Å². The van der Waals surface area contributed by atoms with Crippen molar-refractivity contribution in [3.63, 3.8) is 0 Å². The van der Waals surface area contributed by atoms with Crippen LogP contribution < -0.4 is 5.32 Å². The Bertz CT molecular complexity index is 1100. The molecule has 0 radical (unpaired) electrons. The molecule has 1 amide bonds. The lowest BCUT2D eigenvalue weighted by molar-refractivity contribution is 0.0524. The predicted molar refractivity (Wildman–Crippen MR) is 109 cm³/mol. The van der Waals surface area contributed by atoms with E-state index in [-0.39, 0.29) is 16.3 Å². The van der Waals surface area contributed by atoms with Crippen molar-refractivity contribution in [3.8, 4) is 0 Å². The van der Waals surface area contributed by atoms with E-state index >= 15 is 0 Å². The van der Waals surface area contributed by atoms with E-state index in [0.29, 0.717) is 0 Å². The fourth-order valence-corrected chi connectivity index (χ4v) is 4.18. The molecule has 0 saturated heterocycles. The van der Waals surface area contributed by atoms with Crippen molar-refractivity contribution >= 4 is 26.7 Å². The van der Waals surface area contributed by atoms with Crippen LogP contribution in [0.5, 0.6) is 0 Å². The molecule has 5 nitrogen and oxygen atoms in total. The van der Waals surface area contributed by atoms with Crippen molar-refractivity contribution < 1.29 is 17.9 Å². The summed E-state index contributed by atoms with van der Waals surface area (Å²) in [6, 6.07) is 19.0. The van der Waals surface area contributed by atoms with Crippen LogP contribution in [-0.2, 0) is 21.1 Å². The van der Waals surface area contributed by atoms with Gasteiger partial charge in [-0.1, -0.05) is 42.5 Å². The summed E-state index contributed by atoms with van der Waals surface area (Å²) >= 11 is 0. The van der Waals surface area contributed by atoms with Crippen LogP contribution >= 0.6 is 0 Å². The Morgan fingerprint density at radius 1 is 0.929 bits per heavy atom. The molecule has 3 rings (SSSR count). The summed E-state index contributed by atoms with van der Waals surface area (Å²) < 4.78 is 30.9. The molecule has 146 valence electrons. The zero-order chi connectivity index (χ0) is 20.4. The molecule has 0 heterocycles. The van der Waals surface area contributed by atoms with E-state index in [1.54, 1.807) is 69.3 Å². The first-order valence-corrected chi connectivity index (χ1v) is 10.4. The number of benzene rings is 3. The Labute approximate surface area is 165 Å². The van der Waals surface area contributed by atoms with E-state index in [9.17, 15) is 13.2 Å². The average molecular weight is 397 g/mol. The van der Waals surface area contributed by atoms with Crippen LogP contribution in [0.15, 0.2) is 76.5 Å². The molecule has 0 aromatic heterocycles. The van der Waals surface area contributed by atoms with E-state index < -0.39 is 21.5 Å². The second-order valence-electron chi connectivity index (χ2n) is 7.47. The molecule has 0 bridgehead atoms. The first-order valence-electron chi connectivity index (χ1n) is 8.95. The molecule has 0 unspecified atom stereocenters. The van der Waals surface area contributed by atoms with Crippen LogP contribution in [0.25, 0.3) is 10.8 Å². The van der Waals surface area contributed by atoms with E-state index in [1.165, 1.54) is 0 Å². The monoisotopic (exact) mass is 397 g/mol. The number of hydrogen-bond acceptors (Lipinski definition) is 4. The largest absolute Gasteiger partial charge is 0.444 e. The van der Waals surface area contributed by atoms with Gasteiger partial charge >= 0.3 is 6.09 Å². The summed E-state index contributed by atoms with van der Waals surface area (Å²) in [5.74, 6) is 0. The highest BCUT2D eigenvalue weighted by molar-refractivity contribution is 7.91. The summed E-state index contributed by atoms with van der Waals surface area (Å²) in [4.78, 5) is 12.4. The Morgan fingerprint density at radius 2 is 1.64 bits per heavy atom. The van der Waals surface area contributed by atoms with E-state index in [0.717, 1.165) is 16.3 Å². The molecule has 0 aliphatic rings. The molecule has 3 aromatic rings. The fourth-order valence-electron chi connectivity index (χ4n) is 2.87. The summed E-state index contributed by atoms with van der Waals surface area (Å²) in [5.41, 5.74) is 0.316. The van der Waals surface area contributed by atoms with E-state index in [4.69, 9.17) is 4.74 Å². The van der Waals surface area contributed by atoms with Crippen LogP contribution in [0.2, 0.25) is 0 Å². The first-order chi connectivity index (χ1) is 13.2. The lowest BCUT2D eigenvalue weighted by Gasteiger charge is -2.20. The van der Waals surface area contributed by atoms with Gasteiger partial charge in [0.05, 0.1) is 9.79 Å². The van der Waals surface area contributed by atoms with Gasteiger partial charge in [-0.2, -0.15) is 0 Å². The van der Waals surface area contributed by atoms with Crippen molar-refractivity contribution in [3.05, 3.63) is 72.3 Å². The Kier molecular flexibility index (Phi) is 5.42. The summed E-state index contributed by atoms with van der Waals surface area (Å²) in [5, 5.41) is 4.41. The maximum Gasteiger partial charge on any atom is 0.407 e. The number of sulfone groups is 1. The number of nitrogens with one attached hydrogen (secondary N) is 1. The maximum absolute atomic E-state index is 12.8. The van der Waals surface area contributed by atoms with Gasteiger partial charge in [-0.05, 0) is 61.4 Å². The molecule has 0 fully saturated rings. The van der Waals surface area contributed by atoms with Crippen molar-refractivity contribution in [1.29, 1.82) is 0 Å². The highest BCUT2D eigenvalue weighted by atomic mass is 32.2. The molecule has 1 N–H and O–H groups in total. The lowest BCUT2D eigenvalue weighted by Crippen LogP contribution is -2.32. The average Bonchev–Trinajstić information content (AvgIpc) is 2.65. The molecular weight excluding hydrogens is 374 g/mol. The minimum atomic E-state index is -3.58. The molecule has 3 aromatic carbocycles. The summed E-state index contributed by atoms with van der Waals surface area (Å²) in [6.07, 6.45) is -0.493. The van der Waals surface area contributed by atoms with Gasteiger partial charge in [0, 0.05) is 6.54 Å². The van der Waals surface area contributed by atoms with Crippen molar-refractivity contribution in [1.82, 2.24) is 5.32 Å². The Hall–Kier alpha value is -2.86. The number of carbonyl (C=O) groups is 1. The molecular formula is C22H23NO4S. The molecule has 28 heavy (non-hydrogen) atoms. The number of hydrogen-bond donors (Lipinski definition) is 1.